The van der Waals surface area contributed by atoms with Crippen LogP contribution in [-0.2, 0) is 9.53 Å². The zero-order valence-corrected chi connectivity index (χ0v) is 17.6. The van der Waals surface area contributed by atoms with E-state index in [9.17, 15) is 9.59 Å². The smallest absolute Gasteiger partial charge is 0.347 e. The van der Waals surface area contributed by atoms with Crippen LogP contribution in [-0.4, -0.2) is 38.7 Å². The quantitative estimate of drug-likeness (QED) is 0.503. The molecule has 1 atom stereocenters. The molecule has 0 fully saturated rings. The van der Waals surface area contributed by atoms with Crippen molar-refractivity contribution in [3.8, 4) is 23.0 Å². The molecule has 0 saturated heterocycles. The number of rotatable bonds is 7. The van der Waals surface area contributed by atoms with Crippen LogP contribution >= 0.6 is 0 Å². The summed E-state index contributed by atoms with van der Waals surface area (Å²) in [5.74, 6) is 1.48. The molecule has 1 unspecified atom stereocenters. The lowest BCUT2D eigenvalue weighted by molar-refractivity contribution is -0.150. The fourth-order valence-electron chi connectivity index (χ4n) is 3.14. The van der Waals surface area contributed by atoms with Crippen molar-refractivity contribution in [2.24, 2.45) is 0 Å². The molecule has 158 valence electrons. The fourth-order valence-corrected chi connectivity index (χ4v) is 3.14. The van der Waals surface area contributed by atoms with Crippen molar-refractivity contribution in [1.29, 1.82) is 0 Å². The first-order valence-electron chi connectivity index (χ1n) is 9.52. The molecule has 2 aromatic rings. The number of allylic oxidation sites excluding steroid dienone is 1. The van der Waals surface area contributed by atoms with Crippen molar-refractivity contribution in [2.75, 3.05) is 20.8 Å². The highest BCUT2D eigenvalue weighted by molar-refractivity contribution is 6.15. The highest BCUT2D eigenvalue weighted by Crippen LogP contribution is 2.38. The van der Waals surface area contributed by atoms with Gasteiger partial charge in [-0.05, 0) is 50.6 Å². The Morgan fingerprint density at radius 3 is 2.57 bits per heavy atom. The van der Waals surface area contributed by atoms with Crippen LogP contribution in [0.4, 0.5) is 0 Å². The van der Waals surface area contributed by atoms with Gasteiger partial charge in [-0.1, -0.05) is 0 Å². The molecule has 7 nitrogen and oxygen atoms in total. The molecule has 0 saturated carbocycles. The summed E-state index contributed by atoms with van der Waals surface area (Å²) in [6.07, 6.45) is 0.847. The molecule has 0 spiro atoms. The molecule has 30 heavy (non-hydrogen) atoms. The predicted octanol–water partition coefficient (Wildman–Crippen LogP) is 3.96. The van der Waals surface area contributed by atoms with Gasteiger partial charge in [0.1, 0.15) is 23.0 Å². The van der Waals surface area contributed by atoms with Gasteiger partial charge in [-0.25, -0.2) is 4.79 Å². The van der Waals surface area contributed by atoms with Gasteiger partial charge in [0.15, 0.2) is 11.9 Å². The molecule has 0 radical (unpaired) electrons. The Hall–Kier alpha value is -3.48. The van der Waals surface area contributed by atoms with E-state index in [1.807, 2.05) is 0 Å². The number of ketones is 1. The number of carbonyl (C=O) groups is 2. The highest BCUT2D eigenvalue weighted by atomic mass is 16.6. The average Bonchev–Trinajstić information content (AvgIpc) is 3.04. The maximum Gasteiger partial charge on any atom is 0.347 e. The Morgan fingerprint density at radius 1 is 1.13 bits per heavy atom. The number of carbonyl (C=O) groups excluding carboxylic acids is 2. The lowest BCUT2D eigenvalue weighted by Gasteiger charge is -2.14. The normalized spacial score (nSPS) is 14.7. The summed E-state index contributed by atoms with van der Waals surface area (Å²) in [6, 6.07) is 8.59. The third kappa shape index (κ3) is 4.25. The van der Waals surface area contributed by atoms with Crippen molar-refractivity contribution in [2.45, 2.75) is 26.9 Å². The fraction of sp³-hybridized carbons (Fsp3) is 0.304. The molecule has 3 rings (SSSR count). The first-order chi connectivity index (χ1) is 14.4. The second kappa shape index (κ2) is 8.90. The molecule has 1 aliphatic rings. The van der Waals surface area contributed by atoms with E-state index in [1.165, 1.54) is 0 Å². The molecule has 0 bridgehead atoms. The molecule has 0 aliphatic carbocycles. The molecule has 1 aliphatic heterocycles. The van der Waals surface area contributed by atoms with Crippen LogP contribution in [0.15, 0.2) is 36.1 Å². The highest BCUT2D eigenvalue weighted by Gasteiger charge is 2.31. The van der Waals surface area contributed by atoms with E-state index >= 15 is 0 Å². The van der Waals surface area contributed by atoms with Crippen LogP contribution in [0, 0.1) is 6.92 Å². The summed E-state index contributed by atoms with van der Waals surface area (Å²) in [5, 5.41) is 0. The van der Waals surface area contributed by atoms with Crippen molar-refractivity contribution < 1.29 is 33.3 Å². The van der Waals surface area contributed by atoms with E-state index in [0.717, 1.165) is 0 Å². The Morgan fingerprint density at radius 2 is 1.90 bits per heavy atom. The Balaban J connectivity index is 1.88. The minimum Gasteiger partial charge on any atom is -0.497 e. The predicted molar refractivity (Wildman–Crippen MR) is 110 cm³/mol. The molecular formula is C23H24O7. The second-order valence-corrected chi connectivity index (χ2v) is 6.67. The molecule has 2 aromatic carbocycles. The summed E-state index contributed by atoms with van der Waals surface area (Å²) in [4.78, 5) is 24.7. The number of benzene rings is 2. The van der Waals surface area contributed by atoms with Gasteiger partial charge in [-0.15, -0.1) is 0 Å². The van der Waals surface area contributed by atoms with Crippen molar-refractivity contribution in [3.63, 3.8) is 0 Å². The number of ether oxygens (including phenoxy) is 5. The molecule has 1 heterocycles. The molecule has 7 heteroatoms. The van der Waals surface area contributed by atoms with Gasteiger partial charge >= 0.3 is 5.97 Å². The summed E-state index contributed by atoms with van der Waals surface area (Å²) in [6.45, 7) is 5.40. The number of methoxy groups -OCH3 is 2. The zero-order chi connectivity index (χ0) is 21.8. The van der Waals surface area contributed by atoms with Crippen molar-refractivity contribution in [3.05, 3.63) is 52.8 Å². The number of aryl methyl sites for hydroxylation is 1. The summed E-state index contributed by atoms with van der Waals surface area (Å²) < 4.78 is 27.0. The summed E-state index contributed by atoms with van der Waals surface area (Å²) in [7, 11) is 3.11. The van der Waals surface area contributed by atoms with Crippen LogP contribution in [0.1, 0.15) is 35.3 Å². The standard InChI is InChI=1S/C23H24O7/c1-6-28-23(25)14(3)29-17-9-13(2)21-19(12-17)30-20(22(21)24)10-15-7-8-16(26-4)11-18(15)27-5/h7-12,14H,6H2,1-5H3/b20-10-. The van der Waals surface area contributed by atoms with E-state index in [2.05, 4.69) is 0 Å². The molecular weight excluding hydrogens is 388 g/mol. The third-order valence-corrected chi connectivity index (χ3v) is 4.60. The number of esters is 1. The summed E-state index contributed by atoms with van der Waals surface area (Å²) in [5.41, 5.74) is 1.83. The number of Topliss-reactive ketones (excluding diaryl/α,β-unsaturated/α-hetero) is 1. The van der Waals surface area contributed by atoms with Crippen LogP contribution in [0.2, 0.25) is 0 Å². The van der Waals surface area contributed by atoms with Gasteiger partial charge in [-0.3, -0.25) is 4.79 Å². The number of hydrogen-bond acceptors (Lipinski definition) is 7. The molecule has 0 aromatic heterocycles. The zero-order valence-electron chi connectivity index (χ0n) is 17.6. The van der Waals surface area contributed by atoms with Gasteiger partial charge in [0.25, 0.3) is 0 Å². The topological polar surface area (TPSA) is 80.3 Å². The SMILES string of the molecule is CCOC(=O)C(C)Oc1cc(C)c2c(c1)O/C(=C\c1ccc(OC)cc1OC)C2=O. The Labute approximate surface area is 175 Å². The van der Waals surface area contributed by atoms with E-state index in [1.54, 1.807) is 71.4 Å². The van der Waals surface area contributed by atoms with E-state index in [-0.39, 0.29) is 18.1 Å². The maximum atomic E-state index is 12.9. The minimum atomic E-state index is -0.780. The maximum absolute atomic E-state index is 12.9. The minimum absolute atomic E-state index is 0.173. The summed E-state index contributed by atoms with van der Waals surface area (Å²) >= 11 is 0. The molecule has 0 amide bonds. The van der Waals surface area contributed by atoms with Gasteiger partial charge in [0.05, 0.1) is 26.4 Å². The van der Waals surface area contributed by atoms with Crippen molar-refractivity contribution >= 4 is 17.8 Å². The van der Waals surface area contributed by atoms with Crippen molar-refractivity contribution in [1.82, 2.24) is 0 Å². The van der Waals surface area contributed by atoms with Gasteiger partial charge in [0, 0.05) is 17.7 Å². The van der Waals surface area contributed by atoms with E-state index < -0.39 is 12.1 Å². The lowest BCUT2D eigenvalue weighted by Crippen LogP contribution is -2.26. The monoisotopic (exact) mass is 412 g/mol. The number of hydrogen-bond donors (Lipinski definition) is 0. The Bertz CT molecular complexity index is 1010. The first-order valence-corrected chi connectivity index (χ1v) is 9.52. The van der Waals surface area contributed by atoms with E-state index in [0.29, 0.717) is 39.7 Å². The van der Waals surface area contributed by atoms with E-state index in [4.69, 9.17) is 23.7 Å². The van der Waals surface area contributed by atoms with Gasteiger partial charge < -0.3 is 23.7 Å². The molecule has 0 N–H and O–H groups in total. The van der Waals surface area contributed by atoms with Gasteiger partial charge in [0.2, 0.25) is 5.78 Å². The van der Waals surface area contributed by atoms with Crippen LogP contribution in [0.3, 0.4) is 0 Å². The van der Waals surface area contributed by atoms with Gasteiger partial charge in [-0.2, -0.15) is 0 Å². The second-order valence-electron chi connectivity index (χ2n) is 6.67. The van der Waals surface area contributed by atoms with Crippen LogP contribution in [0.25, 0.3) is 6.08 Å². The van der Waals surface area contributed by atoms with Crippen LogP contribution < -0.4 is 18.9 Å². The van der Waals surface area contributed by atoms with Crippen LogP contribution in [0.5, 0.6) is 23.0 Å². The largest absolute Gasteiger partial charge is 0.497 e. The first kappa shape index (κ1) is 21.2. The average molecular weight is 412 g/mol. The number of fused-ring (bicyclic) bond motifs is 1. The Kier molecular flexibility index (Phi) is 6.30. The lowest BCUT2D eigenvalue weighted by atomic mass is 10.0. The third-order valence-electron chi connectivity index (χ3n) is 4.60.